The first-order chi connectivity index (χ1) is 5.40. The fourth-order valence-electron chi connectivity index (χ4n) is 1.55. The summed E-state index contributed by atoms with van der Waals surface area (Å²) in [5, 5.41) is 6.60. The van der Waals surface area contributed by atoms with Crippen molar-refractivity contribution in [3.63, 3.8) is 0 Å². The summed E-state index contributed by atoms with van der Waals surface area (Å²) in [4.78, 5) is 4.28. The molecule has 1 aliphatic heterocycles. The number of aliphatic imine (C=N–C) groups is 1. The van der Waals surface area contributed by atoms with Crippen LogP contribution in [-0.2, 0) is 0 Å². The molecule has 0 aromatic heterocycles. The van der Waals surface area contributed by atoms with E-state index >= 15 is 0 Å². The maximum absolute atomic E-state index is 4.28. The summed E-state index contributed by atoms with van der Waals surface area (Å²) in [6.07, 6.45) is 2.63. The van der Waals surface area contributed by atoms with E-state index in [1.165, 1.54) is 12.8 Å². The molecule has 0 spiro atoms. The number of hydrogen-bond donors (Lipinski definition) is 2. The van der Waals surface area contributed by atoms with Crippen LogP contribution in [0, 0.1) is 5.92 Å². The van der Waals surface area contributed by atoms with Crippen LogP contribution < -0.4 is 10.6 Å². The molecule has 11 heavy (non-hydrogen) atoms. The molecular formula is C8H15N3. The fraction of sp³-hybridized carbons (Fsp3) is 0.875. The summed E-state index contributed by atoms with van der Waals surface area (Å²) in [5.41, 5.74) is 0. The number of nitrogens with zero attached hydrogens (tertiary/aromatic N) is 1. The topological polar surface area (TPSA) is 36.4 Å². The molecule has 2 rings (SSSR count). The predicted molar refractivity (Wildman–Crippen MR) is 45.6 cm³/mol. The van der Waals surface area contributed by atoms with Gasteiger partial charge in [0.2, 0.25) is 0 Å². The van der Waals surface area contributed by atoms with E-state index in [1.54, 1.807) is 0 Å². The molecule has 1 saturated carbocycles. The minimum absolute atomic E-state index is 0.712. The van der Waals surface area contributed by atoms with Crippen LogP contribution in [0.25, 0.3) is 0 Å². The maximum atomic E-state index is 4.28. The van der Waals surface area contributed by atoms with Gasteiger partial charge in [-0.25, -0.2) is 0 Å². The van der Waals surface area contributed by atoms with Gasteiger partial charge in [-0.2, -0.15) is 0 Å². The molecular weight excluding hydrogens is 138 g/mol. The monoisotopic (exact) mass is 153 g/mol. The van der Waals surface area contributed by atoms with Crippen LogP contribution in [0.3, 0.4) is 0 Å². The number of guanidine groups is 1. The highest BCUT2D eigenvalue weighted by Gasteiger charge is 2.36. The molecule has 2 atom stereocenters. The van der Waals surface area contributed by atoms with Crippen LogP contribution in [0.2, 0.25) is 0 Å². The van der Waals surface area contributed by atoms with E-state index in [2.05, 4.69) is 22.5 Å². The third-order valence-electron chi connectivity index (χ3n) is 2.44. The van der Waals surface area contributed by atoms with Crippen molar-refractivity contribution >= 4 is 5.96 Å². The van der Waals surface area contributed by atoms with E-state index in [0.29, 0.717) is 6.04 Å². The van der Waals surface area contributed by atoms with E-state index < -0.39 is 0 Å². The Morgan fingerprint density at radius 3 is 3.18 bits per heavy atom. The zero-order valence-corrected chi connectivity index (χ0v) is 6.93. The van der Waals surface area contributed by atoms with E-state index in [0.717, 1.165) is 25.0 Å². The van der Waals surface area contributed by atoms with Gasteiger partial charge < -0.3 is 10.6 Å². The van der Waals surface area contributed by atoms with Crippen molar-refractivity contribution in [3.8, 4) is 0 Å². The minimum atomic E-state index is 0.712. The second-order valence-electron chi connectivity index (χ2n) is 3.31. The molecule has 2 aliphatic rings. The standard InChI is InChI=1S/C8H15N3/c1-2-6-5-7(6)11-8-9-3-4-10-8/h6-7H,2-5H2,1H3,(H2,9,10,11). The maximum Gasteiger partial charge on any atom is 0.191 e. The van der Waals surface area contributed by atoms with Gasteiger partial charge in [0.25, 0.3) is 0 Å². The van der Waals surface area contributed by atoms with Crippen LogP contribution in [0.1, 0.15) is 19.8 Å². The molecule has 3 nitrogen and oxygen atoms in total. The van der Waals surface area contributed by atoms with E-state index in [9.17, 15) is 0 Å². The largest absolute Gasteiger partial charge is 0.355 e. The Balaban J connectivity index is 1.75. The Kier molecular flexibility index (Phi) is 1.72. The SMILES string of the molecule is CCC1CC1NC1=NCCN1. The van der Waals surface area contributed by atoms with Crippen molar-refractivity contribution in [2.75, 3.05) is 13.1 Å². The summed E-state index contributed by atoms with van der Waals surface area (Å²) in [6.45, 7) is 4.19. The summed E-state index contributed by atoms with van der Waals surface area (Å²) in [5.74, 6) is 1.92. The first-order valence-electron chi connectivity index (χ1n) is 4.45. The van der Waals surface area contributed by atoms with Crippen molar-refractivity contribution in [1.82, 2.24) is 10.6 Å². The Bertz CT molecular complexity index is 176. The number of rotatable bonds is 2. The second-order valence-corrected chi connectivity index (χ2v) is 3.31. The lowest BCUT2D eigenvalue weighted by molar-refractivity contribution is 0.716. The predicted octanol–water partition coefficient (Wildman–Crippen LogP) is 0.334. The lowest BCUT2D eigenvalue weighted by Crippen LogP contribution is -2.35. The molecule has 0 radical (unpaired) electrons. The molecule has 3 heteroatoms. The highest BCUT2D eigenvalue weighted by molar-refractivity contribution is 5.81. The van der Waals surface area contributed by atoms with E-state index in [-0.39, 0.29) is 0 Å². The first kappa shape index (κ1) is 6.95. The highest BCUT2D eigenvalue weighted by atomic mass is 15.2. The van der Waals surface area contributed by atoms with Gasteiger partial charge in [-0.3, -0.25) is 4.99 Å². The van der Waals surface area contributed by atoms with Crippen LogP contribution in [-0.4, -0.2) is 25.1 Å². The molecule has 2 N–H and O–H groups in total. The molecule has 2 unspecified atom stereocenters. The van der Waals surface area contributed by atoms with Gasteiger partial charge in [-0.05, 0) is 12.3 Å². The summed E-state index contributed by atoms with van der Waals surface area (Å²) in [7, 11) is 0. The van der Waals surface area contributed by atoms with E-state index in [4.69, 9.17) is 0 Å². The Morgan fingerprint density at radius 1 is 1.73 bits per heavy atom. The third-order valence-corrected chi connectivity index (χ3v) is 2.44. The van der Waals surface area contributed by atoms with Crippen LogP contribution in [0.4, 0.5) is 0 Å². The first-order valence-corrected chi connectivity index (χ1v) is 4.45. The van der Waals surface area contributed by atoms with Crippen molar-refractivity contribution in [2.24, 2.45) is 10.9 Å². The smallest absolute Gasteiger partial charge is 0.191 e. The highest BCUT2D eigenvalue weighted by Crippen LogP contribution is 2.32. The van der Waals surface area contributed by atoms with Gasteiger partial charge in [0.1, 0.15) is 0 Å². The molecule has 0 saturated heterocycles. The van der Waals surface area contributed by atoms with Crippen LogP contribution in [0.5, 0.6) is 0 Å². The Hall–Kier alpha value is -0.730. The summed E-state index contributed by atoms with van der Waals surface area (Å²) < 4.78 is 0. The van der Waals surface area contributed by atoms with E-state index in [1.807, 2.05) is 0 Å². The van der Waals surface area contributed by atoms with Crippen molar-refractivity contribution in [1.29, 1.82) is 0 Å². The van der Waals surface area contributed by atoms with Gasteiger partial charge in [-0.15, -0.1) is 0 Å². The molecule has 0 aromatic rings. The van der Waals surface area contributed by atoms with Crippen LogP contribution >= 0.6 is 0 Å². The molecule has 0 aromatic carbocycles. The Labute approximate surface area is 67.3 Å². The molecule has 0 bridgehead atoms. The lowest BCUT2D eigenvalue weighted by atomic mass is 10.3. The van der Waals surface area contributed by atoms with Gasteiger partial charge >= 0.3 is 0 Å². The summed E-state index contributed by atoms with van der Waals surface area (Å²) >= 11 is 0. The molecule has 0 amide bonds. The Morgan fingerprint density at radius 2 is 2.64 bits per heavy atom. The van der Waals surface area contributed by atoms with Crippen LogP contribution in [0.15, 0.2) is 4.99 Å². The van der Waals surface area contributed by atoms with Gasteiger partial charge in [-0.1, -0.05) is 13.3 Å². The lowest BCUT2D eigenvalue weighted by Gasteiger charge is -2.04. The molecule has 1 fully saturated rings. The average Bonchev–Trinajstić information content (AvgIpc) is 2.54. The normalized spacial score (nSPS) is 34.5. The number of hydrogen-bond acceptors (Lipinski definition) is 3. The molecule has 62 valence electrons. The molecule has 1 aliphatic carbocycles. The van der Waals surface area contributed by atoms with Gasteiger partial charge in [0.05, 0.1) is 6.54 Å². The van der Waals surface area contributed by atoms with Crippen molar-refractivity contribution in [3.05, 3.63) is 0 Å². The quantitative estimate of drug-likeness (QED) is 0.600. The summed E-state index contributed by atoms with van der Waals surface area (Å²) in [6, 6.07) is 0.712. The van der Waals surface area contributed by atoms with Gasteiger partial charge in [0.15, 0.2) is 5.96 Å². The minimum Gasteiger partial charge on any atom is -0.355 e. The van der Waals surface area contributed by atoms with Gasteiger partial charge in [0, 0.05) is 12.6 Å². The van der Waals surface area contributed by atoms with Crippen molar-refractivity contribution in [2.45, 2.75) is 25.8 Å². The average molecular weight is 153 g/mol. The second kappa shape index (κ2) is 2.72. The number of nitrogens with one attached hydrogen (secondary N) is 2. The zero-order valence-electron chi connectivity index (χ0n) is 6.93. The molecule has 1 heterocycles. The third kappa shape index (κ3) is 1.47. The fourth-order valence-corrected chi connectivity index (χ4v) is 1.55. The van der Waals surface area contributed by atoms with Crippen molar-refractivity contribution < 1.29 is 0 Å². The zero-order chi connectivity index (χ0) is 7.68.